The molecule has 0 aliphatic heterocycles. The van der Waals surface area contributed by atoms with Crippen molar-refractivity contribution in [2.24, 2.45) is 0 Å². The molecule has 1 aromatic carbocycles. The third kappa shape index (κ3) is 4.74. The fourth-order valence-corrected chi connectivity index (χ4v) is 1.58. The highest BCUT2D eigenvalue weighted by Gasteiger charge is 2.04. The Morgan fingerprint density at radius 3 is 2.78 bits per heavy atom. The van der Waals surface area contributed by atoms with Gasteiger partial charge in [-0.15, -0.1) is 0 Å². The standard InChI is InChI=1S/C14H20N2O2/c1-11(2)18-7-6-16-10-13-8-12(9-15)4-5-14(13)17-3/h4-5,8,11,16H,6-7,10H2,1-3H3. The Hall–Kier alpha value is -1.57. The molecule has 0 amide bonds. The third-order valence-corrected chi connectivity index (χ3v) is 2.45. The van der Waals surface area contributed by atoms with Crippen LogP contribution in [0.1, 0.15) is 25.0 Å². The van der Waals surface area contributed by atoms with Crippen molar-refractivity contribution in [3.63, 3.8) is 0 Å². The van der Waals surface area contributed by atoms with Crippen LogP contribution in [0.3, 0.4) is 0 Å². The fraction of sp³-hybridized carbons (Fsp3) is 0.500. The minimum atomic E-state index is 0.253. The van der Waals surface area contributed by atoms with Gasteiger partial charge in [0.05, 0.1) is 31.5 Å². The van der Waals surface area contributed by atoms with E-state index >= 15 is 0 Å². The lowest BCUT2D eigenvalue weighted by Crippen LogP contribution is -2.21. The van der Waals surface area contributed by atoms with Gasteiger partial charge in [0, 0.05) is 18.7 Å². The summed E-state index contributed by atoms with van der Waals surface area (Å²) in [6.07, 6.45) is 0.253. The van der Waals surface area contributed by atoms with Crippen molar-refractivity contribution in [1.29, 1.82) is 5.26 Å². The van der Waals surface area contributed by atoms with Crippen molar-refractivity contribution in [2.75, 3.05) is 20.3 Å². The number of hydrogen-bond acceptors (Lipinski definition) is 4. The molecule has 98 valence electrons. The van der Waals surface area contributed by atoms with Crippen LogP contribution in [-0.4, -0.2) is 26.4 Å². The minimum absolute atomic E-state index is 0.253. The predicted octanol–water partition coefficient (Wildman–Crippen LogP) is 2.08. The van der Waals surface area contributed by atoms with Crippen LogP contribution >= 0.6 is 0 Å². The van der Waals surface area contributed by atoms with E-state index in [9.17, 15) is 0 Å². The molecule has 1 aromatic rings. The molecule has 0 aromatic heterocycles. The lowest BCUT2D eigenvalue weighted by molar-refractivity contribution is 0.0807. The van der Waals surface area contributed by atoms with E-state index < -0.39 is 0 Å². The highest BCUT2D eigenvalue weighted by molar-refractivity contribution is 5.41. The van der Waals surface area contributed by atoms with Crippen molar-refractivity contribution in [1.82, 2.24) is 5.32 Å². The van der Waals surface area contributed by atoms with Gasteiger partial charge >= 0.3 is 0 Å². The van der Waals surface area contributed by atoms with Crippen molar-refractivity contribution in [2.45, 2.75) is 26.5 Å². The van der Waals surface area contributed by atoms with Crippen molar-refractivity contribution in [3.8, 4) is 11.8 Å². The molecule has 0 aliphatic rings. The zero-order valence-corrected chi connectivity index (χ0v) is 11.2. The van der Waals surface area contributed by atoms with Crippen LogP contribution in [0.25, 0.3) is 0 Å². The zero-order valence-electron chi connectivity index (χ0n) is 11.2. The van der Waals surface area contributed by atoms with Crippen LogP contribution in [-0.2, 0) is 11.3 Å². The van der Waals surface area contributed by atoms with Crippen LogP contribution in [0.4, 0.5) is 0 Å². The van der Waals surface area contributed by atoms with E-state index in [0.29, 0.717) is 18.7 Å². The summed E-state index contributed by atoms with van der Waals surface area (Å²) in [6.45, 7) is 6.15. The van der Waals surface area contributed by atoms with Gasteiger partial charge in [0.15, 0.2) is 0 Å². The Bertz CT molecular complexity index is 411. The molecule has 0 spiro atoms. The molecule has 0 aliphatic carbocycles. The quantitative estimate of drug-likeness (QED) is 0.751. The van der Waals surface area contributed by atoms with Crippen LogP contribution < -0.4 is 10.1 Å². The average Bonchev–Trinajstić information content (AvgIpc) is 2.37. The smallest absolute Gasteiger partial charge is 0.123 e. The van der Waals surface area contributed by atoms with E-state index in [4.69, 9.17) is 14.7 Å². The number of nitriles is 1. The first kappa shape index (κ1) is 14.5. The van der Waals surface area contributed by atoms with Gasteiger partial charge in [-0.1, -0.05) is 0 Å². The summed E-state index contributed by atoms with van der Waals surface area (Å²) in [5.74, 6) is 0.797. The minimum Gasteiger partial charge on any atom is -0.496 e. The lowest BCUT2D eigenvalue weighted by atomic mass is 10.1. The van der Waals surface area contributed by atoms with E-state index in [1.807, 2.05) is 26.0 Å². The Kier molecular flexibility index (Phi) is 6.20. The molecule has 18 heavy (non-hydrogen) atoms. The molecule has 1 rings (SSSR count). The topological polar surface area (TPSA) is 54.3 Å². The maximum absolute atomic E-state index is 8.87. The molecule has 0 unspecified atom stereocenters. The van der Waals surface area contributed by atoms with E-state index in [2.05, 4.69) is 11.4 Å². The van der Waals surface area contributed by atoms with Crippen LogP contribution in [0.2, 0.25) is 0 Å². The Morgan fingerprint density at radius 1 is 1.39 bits per heavy atom. The highest BCUT2D eigenvalue weighted by Crippen LogP contribution is 2.19. The summed E-state index contributed by atoms with van der Waals surface area (Å²) in [4.78, 5) is 0. The second kappa shape index (κ2) is 7.70. The SMILES string of the molecule is COc1ccc(C#N)cc1CNCCOC(C)C. The van der Waals surface area contributed by atoms with Gasteiger partial charge < -0.3 is 14.8 Å². The monoisotopic (exact) mass is 248 g/mol. The average molecular weight is 248 g/mol. The van der Waals surface area contributed by atoms with Gasteiger partial charge in [0.25, 0.3) is 0 Å². The van der Waals surface area contributed by atoms with Gasteiger partial charge in [-0.3, -0.25) is 0 Å². The largest absolute Gasteiger partial charge is 0.496 e. The van der Waals surface area contributed by atoms with E-state index in [1.165, 1.54) is 0 Å². The Balaban J connectivity index is 2.48. The zero-order chi connectivity index (χ0) is 13.4. The number of methoxy groups -OCH3 is 1. The molecular weight excluding hydrogens is 228 g/mol. The molecule has 0 fully saturated rings. The second-order valence-electron chi connectivity index (χ2n) is 4.23. The third-order valence-electron chi connectivity index (χ3n) is 2.45. The molecule has 0 saturated heterocycles. The van der Waals surface area contributed by atoms with E-state index in [-0.39, 0.29) is 6.10 Å². The summed E-state index contributed by atoms with van der Waals surface area (Å²) in [6, 6.07) is 7.54. The van der Waals surface area contributed by atoms with Crippen LogP contribution in [0.5, 0.6) is 5.75 Å². The van der Waals surface area contributed by atoms with Crippen molar-refractivity contribution < 1.29 is 9.47 Å². The molecule has 0 bridgehead atoms. The second-order valence-corrected chi connectivity index (χ2v) is 4.23. The molecule has 0 heterocycles. The van der Waals surface area contributed by atoms with Gasteiger partial charge in [0.1, 0.15) is 5.75 Å². The Labute approximate surface area is 109 Å². The first-order chi connectivity index (χ1) is 8.67. The number of rotatable bonds is 7. The van der Waals surface area contributed by atoms with E-state index in [0.717, 1.165) is 17.9 Å². The summed E-state index contributed by atoms with van der Waals surface area (Å²) in [5, 5.41) is 12.1. The van der Waals surface area contributed by atoms with Gasteiger partial charge in [-0.25, -0.2) is 0 Å². The first-order valence-electron chi connectivity index (χ1n) is 6.06. The van der Waals surface area contributed by atoms with Gasteiger partial charge in [-0.2, -0.15) is 5.26 Å². The fourth-order valence-electron chi connectivity index (χ4n) is 1.58. The normalized spacial score (nSPS) is 10.4. The van der Waals surface area contributed by atoms with Crippen molar-refractivity contribution >= 4 is 0 Å². The molecule has 0 atom stereocenters. The molecule has 4 nitrogen and oxygen atoms in total. The summed E-state index contributed by atoms with van der Waals surface area (Å²) in [7, 11) is 1.63. The van der Waals surface area contributed by atoms with Crippen LogP contribution in [0, 0.1) is 11.3 Å². The summed E-state index contributed by atoms with van der Waals surface area (Å²) < 4.78 is 10.7. The Morgan fingerprint density at radius 2 is 2.17 bits per heavy atom. The summed E-state index contributed by atoms with van der Waals surface area (Å²) >= 11 is 0. The maximum Gasteiger partial charge on any atom is 0.123 e. The van der Waals surface area contributed by atoms with Gasteiger partial charge in [-0.05, 0) is 32.0 Å². The predicted molar refractivity (Wildman–Crippen MR) is 70.5 cm³/mol. The molecule has 4 heteroatoms. The number of hydrogen-bond donors (Lipinski definition) is 1. The lowest BCUT2D eigenvalue weighted by Gasteiger charge is -2.11. The highest BCUT2D eigenvalue weighted by atomic mass is 16.5. The number of ether oxygens (including phenoxy) is 2. The molecule has 0 saturated carbocycles. The van der Waals surface area contributed by atoms with Gasteiger partial charge in [0.2, 0.25) is 0 Å². The molecule has 0 radical (unpaired) electrons. The molecule has 1 N–H and O–H groups in total. The molecular formula is C14H20N2O2. The number of nitrogens with one attached hydrogen (secondary N) is 1. The summed E-state index contributed by atoms with van der Waals surface area (Å²) in [5.41, 5.74) is 1.63. The van der Waals surface area contributed by atoms with E-state index in [1.54, 1.807) is 13.2 Å². The number of nitrogens with zero attached hydrogens (tertiary/aromatic N) is 1. The maximum atomic E-state index is 8.87. The van der Waals surface area contributed by atoms with Crippen molar-refractivity contribution in [3.05, 3.63) is 29.3 Å². The number of benzene rings is 1. The van der Waals surface area contributed by atoms with Crippen LogP contribution in [0.15, 0.2) is 18.2 Å². The first-order valence-corrected chi connectivity index (χ1v) is 6.06.